The molecule has 84 valence electrons. The number of aryl methyl sites for hydroxylation is 1. The lowest BCUT2D eigenvalue weighted by atomic mass is 9.94. The fourth-order valence-corrected chi connectivity index (χ4v) is 4.85. The fraction of sp³-hybridized carbons (Fsp3) is 0.636. The fourth-order valence-electron chi connectivity index (χ4n) is 2.24. The van der Waals surface area contributed by atoms with Gasteiger partial charge >= 0.3 is 0 Å². The molecule has 2 atom stereocenters. The summed E-state index contributed by atoms with van der Waals surface area (Å²) >= 11 is 3.86. The van der Waals surface area contributed by atoms with Crippen LogP contribution in [0.3, 0.4) is 0 Å². The summed E-state index contributed by atoms with van der Waals surface area (Å²) < 4.78 is 0.268. The lowest BCUT2D eigenvalue weighted by Crippen LogP contribution is -2.41. The summed E-state index contributed by atoms with van der Waals surface area (Å²) in [7, 11) is 0. The van der Waals surface area contributed by atoms with Crippen LogP contribution >= 0.6 is 23.1 Å². The third-order valence-corrected chi connectivity index (χ3v) is 5.87. The first-order valence-corrected chi connectivity index (χ1v) is 7.18. The van der Waals surface area contributed by atoms with E-state index in [2.05, 4.69) is 30.7 Å². The van der Waals surface area contributed by atoms with E-state index >= 15 is 0 Å². The minimum Gasteiger partial charge on any atom is -0.271 e. The Morgan fingerprint density at radius 3 is 2.87 bits per heavy atom. The highest BCUT2D eigenvalue weighted by molar-refractivity contribution is 8.00. The standard InChI is InChI=1S/C11H18N2S2/c1-8-4-7-14-9(8)10(13-12)11(2)5-3-6-15-11/h4,7,10,13H,3,5-6,12H2,1-2H3. The number of hydrogen-bond acceptors (Lipinski definition) is 4. The molecule has 0 spiro atoms. The summed E-state index contributed by atoms with van der Waals surface area (Å²) in [6.45, 7) is 4.49. The molecule has 0 bridgehead atoms. The highest BCUT2D eigenvalue weighted by Crippen LogP contribution is 2.47. The third kappa shape index (κ3) is 2.09. The van der Waals surface area contributed by atoms with Crippen molar-refractivity contribution >= 4 is 23.1 Å². The number of rotatable bonds is 3. The van der Waals surface area contributed by atoms with Crippen molar-refractivity contribution in [2.45, 2.75) is 37.5 Å². The average Bonchev–Trinajstić information content (AvgIpc) is 2.79. The average molecular weight is 242 g/mol. The van der Waals surface area contributed by atoms with E-state index in [0.29, 0.717) is 6.04 Å². The molecule has 2 unspecified atom stereocenters. The molecule has 0 saturated carbocycles. The lowest BCUT2D eigenvalue weighted by Gasteiger charge is -2.32. The first-order valence-electron chi connectivity index (χ1n) is 5.31. The van der Waals surface area contributed by atoms with Gasteiger partial charge in [0, 0.05) is 9.62 Å². The Balaban J connectivity index is 2.27. The van der Waals surface area contributed by atoms with Crippen molar-refractivity contribution in [2.75, 3.05) is 5.75 Å². The van der Waals surface area contributed by atoms with E-state index < -0.39 is 0 Å². The molecule has 0 radical (unpaired) electrons. The molecule has 0 amide bonds. The predicted molar refractivity (Wildman–Crippen MR) is 69.2 cm³/mol. The van der Waals surface area contributed by atoms with Gasteiger partial charge in [-0.05, 0) is 49.5 Å². The Hall–Kier alpha value is -0.0300. The first-order chi connectivity index (χ1) is 7.17. The maximum absolute atomic E-state index is 5.74. The quantitative estimate of drug-likeness (QED) is 0.632. The molecule has 15 heavy (non-hydrogen) atoms. The monoisotopic (exact) mass is 242 g/mol. The predicted octanol–water partition coefficient (Wildman–Crippen LogP) is 2.85. The van der Waals surface area contributed by atoms with Crippen molar-refractivity contribution in [1.29, 1.82) is 0 Å². The summed E-state index contributed by atoms with van der Waals surface area (Å²) in [5, 5.41) is 2.15. The van der Waals surface area contributed by atoms with Crippen LogP contribution in [0.5, 0.6) is 0 Å². The summed E-state index contributed by atoms with van der Waals surface area (Å²) in [5.41, 5.74) is 4.38. The van der Waals surface area contributed by atoms with E-state index in [1.807, 2.05) is 23.1 Å². The lowest BCUT2D eigenvalue weighted by molar-refractivity contribution is 0.425. The molecule has 2 nitrogen and oxygen atoms in total. The summed E-state index contributed by atoms with van der Waals surface area (Å²) in [4.78, 5) is 1.40. The Morgan fingerprint density at radius 1 is 1.60 bits per heavy atom. The van der Waals surface area contributed by atoms with Crippen LogP contribution in [-0.4, -0.2) is 10.5 Å². The van der Waals surface area contributed by atoms with Gasteiger partial charge in [-0.1, -0.05) is 0 Å². The van der Waals surface area contributed by atoms with Gasteiger partial charge in [-0.2, -0.15) is 11.8 Å². The molecule has 1 fully saturated rings. The Labute approximate surface area is 99.6 Å². The molecule has 1 aromatic heterocycles. The number of hydrazine groups is 1. The van der Waals surface area contributed by atoms with Crippen LogP contribution < -0.4 is 11.3 Å². The van der Waals surface area contributed by atoms with Crippen molar-refractivity contribution < 1.29 is 0 Å². The SMILES string of the molecule is Cc1ccsc1C(NN)C1(C)CCCS1. The van der Waals surface area contributed by atoms with Crippen LogP contribution in [-0.2, 0) is 0 Å². The zero-order valence-corrected chi connectivity index (χ0v) is 10.9. The van der Waals surface area contributed by atoms with Gasteiger partial charge in [0.05, 0.1) is 6.04 Å². The van der Waals surface area contributed by atoms with Crippen molar-refractivity contribution in [3.8, 4) is 0 Å². The van der Waals surface area contributed by atoms with Gasteiger partial charge in [0.15, 0.2) is 0 Å². The van der Waals surface area contributed by atoms with E-state index in [0.717, 1.165) is 0 Å². The topological polar surface area (TPSA) is 38.0 Å². The van der Waals surface area contributed by atoms with E-state index in [-0.39, 0.29) is 4.75 Å². The van der Waals surface area contributed by atoms with Gasteiger partial charge in [0.1, 0.15) is 0 Å². The number of nitrogens with two attached hydrogens (primary N) is 1. The number of hydrogen-bond donors (Lipinski definition) is 2. The molecule has 2 heterocycles. The molecule has 4 heteroatoms. The highest BCUT2D eigenvalue weighted by atomic mass is 32.2. The number of nitrogens with one attached hydrogen (secondary N) is 1. The second-order valence-corrected chi connectivity index (χ2v) is 6.91. The van der Waals surface area contributed by atoms with Crippen LogP contribution in [0, 0.1) is 6.92 Å². The van der Waals surface area contributed by atoms with E-state index in [4.69, 9.17) is 5.84 Å². The summed E-state index contributed by atoms with van der Waals surface area (Å²) in [5.74, 6) is 7.00. The third-order valence-electron chi connectivity index (χ3n) is 3.19. The zero-order chi connectivity index (χ0) is 10.9. The van der Waals surface area contributed by atoms with Gasteiger partial charge in [0.2, 0.25) is 0 Å². The summed E-state index contributed by atoms with van der Waals surface area (Å²) in [6, 6.07) is 2.47. The Kier molecular flexibility index (Phi) is 3.40. The molecule has 1 aromatic rings. The number of thiophene rings is 1. The van der Waals surface area contributed by atoms with E-state index in [1.165, 1.54) is 29.0 Å². The molecular weight excluding hydrogens is 224 g/mol. The zero-order valence-electron chi connectivity index (χ0n) is 9.25. The minimum atomic E-state index is 0.268. The molecular formula is C11H18N2S2. The second kappa shape index (κ2) is 4.45. The molecule has 0 aromatic carbocycles. The van der Waals surface area contributed by atoms with Crippen molar-refractivity contribution in [3.05, 3.63) is 21.9 Å². The van der Waals surface area contributed by atoms with Crippen LogP contribution in [0.2, 0.25) is 0 Å². The van der Waals surface area contributed by atoms with E-state index in [9.17, 15) is 0 Å². The van der Waals surface area contributed by atoms with Crippen molar-refractivity contribution in [1.82, 2.24) is 5.43 Å². The van der Waals surface area contributed by atoms with Crippen LogP contribution in [0.1, 0.15) is 36.2 Å². The largest absolute Gasteiger partial charge is 0.271 e. The van der Waals surface area contributed by atoms with Crippen LogP contribution in [0.4, 0.5) is 0 Å². The van der Waals surface area contributed by atoms with Gasteiger partial charge in [-0.3, -0.25) is 11.3 Å². The normalized spacial score (nSPS) is 28.2. The minimum absolute atomic E-state index is 0.268. The smallest absolute Gasteiger partial charge is 0.0699 e. The molecule has 0 aliphatic carbocycles. The maximum Gasteiger partial charge on any atom is 0.0699 e. The van der Waals surface area contributed by atoms with Gasteiger partial charge in [-0.15, -0.1) is 11.3 Å². The molecule has 1 aliphatic heterocycles. The van der Waals surface area contributed by atoms with Crippen LogP contribution in [0.25, 0.3) is 0 Å². The summed E-state index contributed by atoms with van der Waals surface area (Å²) in [6.07, 6.45) is 2.56. The van der Waals surface area contributed by atoms with Crippen LogP contribution in [0.15, 0.2) is 11.4 Å². The molecule has 3 N–H and O–H groups in total. The molecule has 1 aliphatic rings. The molecule has 2 rings (SSSR count). The van der Waals surface area contributed by atoms with E-state index in [1.54, 1.807) is 0 Å². The first kappa shape index (κ1) is 11.5. The van der Waals surface area contributed by atoms with Gasteiger partial charge in [-0.25, -0.2) is 0 Å². The maximum atomic E-state index is 5.74. The number of thioether (sulfide) groups is 1. The van der Waals surface area contributed by atoms with Gasteiger partial charge in [0.25, 0.3) is 0 Å². The van der Waals surface area contributed by atoms with Gasteiger partial charge < -0.3 is 0 Å². The van der Waals surface area contributed by atoms with Crippen molar-refractivity contribution in [3.63, 3.8) is 0 Å². The Morgan fingerprint density at radius 2 is 2.40 bits per heavy atom. The highest BCUT2D eigenvalue weighted by Gasteiger charge is 2.39. The van der Waals surface area contributed by atoms with Crippen molar-refractivity contribution in [2.24, 2.45) is 5.84 Å². The Bertz CT molecular complexity index is 329. The molecule has 1 saturated heterocycles. The second-order valence-electron chi connectivity index (χ2n) is 4.33.